The summed E-state index contributed by atoms with van der Waals surface area (Å²) in [5, 5.41) is 1.18. The van der Waals surface area contributed by atoms with Crippen molar-refractivity contribution in [3.63, 3.8) is 0 Å². The molecule has 0 aliphatic rings. The van der Waals surface area contributed by atoms with Gasteiger partial charge in [-0.1, -0.05) is 30.3 Å². The summed E-state index contributed by atoms with van der Waals surface area (Å²) < 4.78 is 15.1. The lowest BCUT2D eigenvalue weighted by molar-refractivity contribution is 0.626. The van der Waals surface area contributed by atoms with Gasteiger partial charge in [-0.3, -0.25) is 0 Å². The number of aromatic nitrogens is 1. The van der Waals surface area contributed by atoms with Crippen molar-refractivity contribution in [1.82, 2.24) is 4.57 Å². The zero-order valence-electron chi connectivity index (χ0n) is 11.4. The van der Waals surface area contributed by atoms with E-state index in [9.17, 15) is 4.39 Å². The van der Waals surface area contributed by atoms with Crippen molar-refractivity contribution in [3.8, 4) is 0 Å². The Hall–Kier alpha value is -2.13. The van der Waals surface area contributed by atoms with E-state index in [1.807, 2.05) is 31.2 Å². The summed E-state index contributed by atoms with van der Waals surface area (Å²) in [6, 6.07) is 14.8. The number of hydrogen-bond acceptors (Lipinski definition) is 1. The van der Waals surface area contributed by atoms with Gasteiger partial charge in [0, 0.05) is 29.7 Å². The molecule has 1 heterocycles. The molecule has 0 radical (unpaired) electrons. The first-order valence-corrected chi connectivity index (χ1v) is 6.73. The van der Waals surface area contributed by atoms with Gasteiger partial charge >= 0.3 is 0 Å². The Morgan fingerprint density at radius 3 is 2.50 bits per heavy atom. The molecule has 3 aromatic rings. The quantitative estimate of drug-likeness (QED) is 0.768. The van der Waals surface area contributed by atoms with Gasteiger partial charge in [0.1, 0.15) is 5.82 Å². The highest BCUT2D eigenvalue weighted by Gasteiger charge is 2.11. The molecule has 1 aromatic heterocycles. The van der Waals surface area contributed by atoms with Crippen LogP contribution in [0.15, 0.2) is 54.7 Å². The highest BCUT2D eigenvalue weighted by atomic mass is 19.1. The Kier molecular flexibility index (Phi) is 3.28. The third kappa shape index (κ3) is 2.32. The highest BCUT2D eigenvalue weighted by Crippen LogP contribution is 2.26. The fourth-order valence-corrected chi connectivity index (χ4v) is 2.56. The number of fused-ring (bicyclic) bond motifs is 1. The maximum Gasteiger partial charge on any atom is 0.123 e. The Balaban J connectivity index is 2.05. The number of nitrogens with two attached hydrogens (primary N) is 1. The minimum atomic E-state index is -0.206. The first-order chi connectivity index (χ1) is 9.65. The summed E-state index contributed by atoms with van der Waals surface area (Å²) in [6.07, 6.45) is 2.10. The predicted octanol–water partition coefficient (Wildman–Crippen LogP) is 3.85. The average molecular weight is 268 g/mol. The molecule has 0 fully saturated rings. The van der Waals surface area contributed by atoms with Crippen LogP contribution in [0.1, 0.15) is 24.1 Å². The third-order valence-electron chi connectivity index (χ3n) is 3.58. The molecule has 0 amide bonds. The van der Waals surface area contributed by atoms with Gasteiger partial charge < -0.3 is 10.3 Å². The molecule has 0 saturated carbocycles. The lowest BCUT2D eigenvalue weighted by atomic mass is 10.1. The summed E-state index contributed by atoms with van der Waals surface area (Å²) in [4.78, 5) is 0. The summed E-state index contributed by atoms with van der Waals surface area (Å²) in [5.41, 5.74) is 9.41. The molecule has 0 unspecified atom stereocenters. The van der Waals surface area contributed by atoms with Crippen LogP contribution in [-0.2, 0) is 6.54 Å². The van der Waals surface area contributed by atoms with Crippen molar-refractivity contribution in [3.05, 3.63) is 71.7 Å². The molecule has 0 saturated heterocycles. The summed E-state index contributed by atoms with van der Waals surface area (Å²) >= 11 is 0. The number of halogens is 1. The molecule has 0 aliphatic carbocycles. The molecule has 1 atom stereocenters. The van der Waals surface area contributed by atoms with Crippen molar-refractivity contribution >= 4 is 10.9 Å². The topological polar surface area (TPSA) is 30.9 Å². The second kappa shape index (κ2) is 5.10. The van der Waals surface area contributed by atoms with Crippen LogP contribution in [0, 0.1) is 5.82 Å². The Bertz CT molecular complexity index is 726. The number of para-hydroxylation sites is 1. The molecule has 2 aromatic carbocycles. The minimum Gasteiger partial charge on any atom is -0.343 e. The van der Waals surface area contributed by atoms with Crippen LogP contribution in [0.5, 0.6) is 0 Å². The molecule has 0 spiro atoms. The first kappa shape index (κ1) is 12.9. The van der Waals surface area contributed by atoms with Crippen LogP contribution in [0.2, 0.25) is 0 Å². The van der Waals surface area contributed by atoms with Gasteiger partial charge in [0.05, 0.1) is 0 Å². The van der Waals surface area contributed by atoms with Gasteiger partial charge in [-0.05, 0) is 36.2 Å². The van der Waals surface area contributed by atoms with Gasteiger partial charge in [-0.15, -0.1) is 0 Å². The lowest BCUT2D eigenvalue weighted by Gasteiger charge is -2.05. The Morgan fingerprint density at radius 1 is 1.10 bits per heavy atom. The summed E-state index contributed by atoms with van der Waals surface area (Å²) in [5.74, 6) is -0.206. The Morgan fingerprint density at radius 2 is 1.80 bits per heavy atom. The van der Waals surface area contributed by atoms with Gasteiger partial charge in [-0.2, -0.15) is 0 Å². The van der Waals surface area contributed by atoms with Gasteiger partial charge in [0.15, 0.2) is 0 Å². The molecule has 0 aliphatic heterocycles. The minimum absolute atomic E-state index is 0.00521. The van der Waals surface area contributed by atoms with Crippen LogP contribution >= 0.6 is 0 Å². The molecule has 102 valence electrons. The number of rotatable bonds is 3. The second-order valence-electron chi connectivity index (χ2n) is 5.14. The third-order valence-corrected chi connectivity index (χ3v) is 3.58. The van der Waals surface area contributed by atoms with E-state index in [4.69, 9.17) is 5.73 Å². The van der Waals surface area contributed by atoms with E-state index >= 15 is 0 Å². The molecule has 2 nitrogen and oxygen atoms in total. The average Bonchev–Trinajstić information content (AvgIpc) is 2.81. The van der Waals surface area contributed by atoms with Crippen LogP contribution in [0.3, 0.4) is 0 Å². The van der Waals surface area contributed by atoms with E-state index in [-0.39, 0.29) is 11.9 Å². The maximum atomic E-state index is 13.0. The lowest BCUT2D eigenvalue weighted by Crippen LogP contribution is -2.04. The van der Waals surface area contributed by atoms with E-state index in [0.717, 1.165) is 16.6 Å². The molecule has 0 bridgehead atoms. The zero-order valence-corrected chi connectivity index (χ0v) is 11.4. The molecule has 2 N–H and O–H groups in total. The van der Waals surface area contributed by atoms with Gasteiger partial charge in [-0.25, -0.2) is 4.39 Å². The SMILES string of the molecule is C[C@@H](N)c1cn(Cc2ccc(F)cc2)c2ccccc12. The largest absolute Gasteiger partial charge is 0.343 e. The normalized spacial score (nSPS) is 12.8. The van der Waals surface area contributed by atoms with Gasteiger partial charge in [0.2, 0.25) is 0 Å². The molecule has 20 heavy (non-hydrogen) atoms. The van der Waals surface area contributed by atoms with E-state index < -0.39 is 0 Å². The first-order valence-electron chi connectivity index (χ1n) is 6.73. The standard InChI is InChI=1S/C17H17FN2/c1-12(19)16-11-20(17-5-3-2-4-15(16)17)10-13-6-8-14(18)9-7-13/h2-9,11-12H,10,19H2,1H3/t12-/m1/s1. The highest BCUT2D eigenvalue weighted by molar-refractivity contribution is 5.84. The van der Waals surface area contributed by atoms with Crippen molar-refractivity contribution in [2.75, 3.05) is 0 Å². The van der Waals surface area contributed by atoms with Crippen molar-refractivity contribution in [2.24, 2.45) is 5.73 Å². The van der Waals surface area contributed by atoms with Crippen LogP contribution in [0.4, 0.5) is 4.39 Å². The molecule has 3 heteroatoms. The van der Waals surface area contributed by atoms with E-state index in [1.165, 1.54) is 17.5 Å². The van der Waals surface area contributed by atoms with Gasteiger partial charge in [0.25, 0.3) is 0 Å². The second-order valence-corrected chi connectivity index (χ2v) is 5.14. The number of benzene rings is 2. The summed E-state index contributed by atoms with van der Waals surface area (Å²) in [7, 11) is 0. The maximum absolute atomic E-state index is 13.0. The van der Waals surface area contributed by atoms with Crippen LogP contribution < -0.4 is 5.73 Å². The molecular formula is C17H17FN2. The van der Waals surface area contributed by atoms with E-state index in [0.29, 0.717) is 6.54 Å². The molecule has 3 rings (SSSR count). The van der Waals surface area contributed by atoms with Crippen LogP contribution in [0.25, 0.3) is 10.9 Å². The van der Waals surface area contributed by atoms with E-state index in [2.05, 4.69) is 22.9 Å². The van der Waals surface area contributed by atoms with E-state index in [1.54, 1.807) is 0 Å². The van der Waals surface area contributed by atoms with Crippen molar-refractivity contribution in [1.29, 1.82) is 0 Å². The monoisotopic (exact) mass is 268 g/mol. The smallest absolute Gasteiger partial charge is 0.123 e. The zero-order chi connectivity index (χ0) is 14.1. The Labute approximate surface area is 117 Å². The van der Waals surface area contributed by atoms with Crippen molar-refractivity contribution in [2.45, 2.75) is 19.5 Å². The van der Waals surface area contributed by atoms with Crippen LogP contribution in [-0.4, -0.2) is 4.57 Å². The van der Waals surface area contributed by atoms with Crippen molar-refractivity contribution < 1.29 is 4.39 Å². The number of hydrogen-bond donors (Lipinski definition) is 1. The number of nitrogens with zero attached hydrogens (tertiary/aromatic N) is 1. The summed E-state index contributed by atoms with van der Waals surface area (Å²) in [6.45, 7) is 2.71. The molecular weight excluding hydrogens is 251 g/mol. The fourth-order valence-electron chi connectivity index (χ4n) is 2.56. The fraction of sp³-hybridized carbons (Fsp3) is 0.176. The predicted molar refractivity (Wildman–Crippen MR) is 80.0 cm³/mol.